The molecular weight excluding hydrogens is 132 g/mol. The Labute approximate surface area is 58.2 Å². The first kappa shape index (κ1) is 6.85. The van der Waals surface area contributed by atoms with Gasteiger partial charge in [0.25, 0.3) is 0 Å². The molecule has 0 unspecified atom stereocenters. The van der Waals surface area contributed by atoms with Gasteiger partial charge in [-0.1, -0.05) is 0 Å². The molecule has 0 radical (unpaired) electrons. The first-order valence-electron chi connectivity index (χ1n) is 2.70. The maximum Gasteiger partial charge on any atom is 0.147 e. The highest BCUT2D eigenvalue weighted by Gasteiger charge is 1.91. The molecule has 0 fully saturated rings. The monoisotopic (exact) mass is 140 g/mol. The van der Waals surface area contributed by atoms with Gasteiger partial charge in [-0.15, -0.1) is 0 Å². The summed E-state index contributed by atoms with van der Waals surface area (Å²) >= 11 is 0. The van der Waals surface area contributed by atoms with Crippen molar-refractivity contribution in [3.8, 4) is 11.5 Å². The summed E-state index contributed by atoms with van der Waals surface area (Å²) in [5, 5.41) is 0. The van der Waals surface area contributed by atoms with Gasteiger partial charge in [0, 0.05) is 0 Å². The summed E-state index contributed by atoms with van der Waals surface area (Å²) < 4.78 is 0. The van der Waals surface area contributed by atoms with Crippen molar-refractivity contribution in [2.45, 2.75) is 0 Å². The summed E-state index contributed by atoms with van der Waals surface area (Å²) in [6, 6.07) is 6.62. The van der Waals surface area contributed by atoms with Crippen molar-refractivity contribution in [1.82, 2.24) is 0 Å². The molecule has 0 aliphatic heterocycles. The van der Waals surface area contributed by atoms with Crippen molar-refractivity contribution < 1.29 is 9.68 Å². The largest absolute Gasteiger partial charge is 0.412 e. The summed E-state index contributed by atoms with van der Waals surface area (Å²) in [6.45, 7) is 0. The van der Waals surface area contributed by atoms with E-state index in [2.05, 4.69) is 9.68 Å². The van der Waals surface area contributed by atoms with Crippen LogP contribution in [0.3, 0.4) is 0 Å². The Hall–Kier alpha value is -1.26. The standard InChI is InChI=1S/C6H8N2O2/c7-9-5-1-2-6(10-8)4-3-5/h1-4H,7-8H2. The van der Waals surface area contributed by atoms with Crippen LogP contribution in [-0.2, 0) is 0 Å². The Morgan fingerprint density at radius 3 is 1.30 bits per heavy atom. The average molecular weight is 140 g/mol. The minimum Gasteiger partial charge on any atom is -0.412 e. The maximum atomic E-state index is 4.87. The normalized spacial score (nSPS) is 9.00. The molecule has 0 saturated carbocycles. The van der Waals surface area contributed by atoms with Crippen LogP contribution in [-0.4, -0.2) is 0 Å². The molecule has 1 rings (SSSR count). The Morgan fingerprint density at radius 1 is 0.800 bits per heavy atom. The van der Waals surface area contributed by atoms with Crippen molar-refractivity contribution in [1.29, 1.82) is 0 Å². The van der Waals surface area contributed by atoms with E-state index in [0.29, 0.717) is 11.5 Å². The van der Waals surface area contributed by atoms with Crippen LogP contribution in [0.15, 0.2) is 24.3 Å². The molecule has 1 aromatic rings. The van der Waals surface area contributed by atoms with E-state index in [1.54, 1.807) is 24.3 Å². The number of hydrogen-bond acceptors (Lipinski definition) is 4. The predicted octanol–water partition coefficient (Wildman–Crippen LogP) is 0.192. The number of rotatable bonds is 2. The summed E-state index contributed by atoms with van der Waals surface area (Å²) in [7, 11) is 0. The topological polar surface area (TPSA) is 70.5 Å². The second-order valence-electron chi connectivity index (χ2n) is 1.71. The Kier molecular flexibility index (Phi) is 2.09. The Balaban J connectivity index is 2.80. The molecule has 0 spiro atoms. The second-order valence-corrected chi connectivity index (χ2v) is 1.71. The van der Waals surface area contributed by atoms with Crippen LogP contribution in [0.1, 0.15) is 0 Å². The van der Waals surface area contributed by atoms with Crippen molar-refractivity contribution in [3.63, 3.8) is 0 Å². The van der Waals surface area contributed by atoms with Gasteiger partial charge in [0.2, 0.25) is 0 Å². The Morgan fingerprint density at radius 2 is 1.10 bits per heavy atom. The molecule has 0 aliphatic rings. The van der Waals surface area contributed by atoms with Crippen LogP contribution in [0.2, 0.25) is 0 Å². The fourth-order valence-corrected chi connectivity index (χ4v) is 0.597. The molecule has 0 heterocycles. The maximum absolute atomic E-state index is 4.87. The van der Waals surface area contributed by atoms with Gasteiger partial charge in [-0.25, -0.2) is 0 Å². The molecule has 0 aromatic heterocycles. The van der Waals surface area contributed by atoms with Crippen LogP contribution in [0.4, 0.5) is 0 Å². The molecule has 0 aliphatic carbocycles. The summed E-state index contributed by atoms with van der Waals surface area (Å²) in [5.41, 5.74) is 0. The van der Waals surface area contributed by atoms with E-state index in [1.165, 1.54) is 0 Å². The lowest BCUT2D eigenvalue weighted by Gasteiger charge is -1.98. The molecule has 0 atom stereocenters. The number of benzene rings is 1. The third-order valence-electron chi connectivity index (χ3n) is 1.10. The molecule has 4 N–H and O–H groups in total. The lowest BCUT2D eigenvalue weighted by Crippen LogP contribution is -2.03. The van der Waals surface area contributed by atoms with Crippen molar-refractivity contribution >= 4 is 0 Å². The third kappa shape index (κ3) is 1.37. The van der Waals surface area contributed by atoms with Crippen LogP contribution in [0.5, 0.6) is 11.5 Å². The van der Waals surface area contributed by atoms with Crippen molar-refractivity contribution in [3.05, 3.63) is 24.3 Å². The Bertz CT molecular complexity index is 174. The molecule has 10 heavy (non-hydrogen) atoms. The number of hydrogen-bond donors (Lipinski definition) is 2. The third-order valence-corrected chi connectivity index (χ3v) is 1.10. The summed E-state index contributed by atoms with van der Waals surface area (Å²) in [6.07, 6.45) is 0. The molecule has 0 amide bonds. The smallest absolute Gasteiger partial charge is 0.147 e. The molecule has 54 valence electrons. The average Bonchev–Trinajstić information content (AvgIpc) is 2.05. The van der Waals surface area contributed by atoms with Crippen LogP contribution >= 0.6 is 0 Å². The highest BCUT2D eigenvalue weighted by atomic mass is 16.6. The minimum atomic E-state index is 0.570. The van der Waals surface area contributed by atoms with Crippen LogP contribution < -0.4 is 21.5 Å². The van der Waals surface area contributed by atoms with Gasteiger partial charge in [-0.05, 0) is 24.3 Å². The molecular formula is C6H8N2O2. The van der Waals surface area contributed by atoms with E-state index < -0.39 is 0 Å². The van der Waals surface area contributed by atoms with Gasteiger partial charge >= 0.3 is 0 Å². The van der Waals surface area contributed by atoms with E-state index in [1.807, 2.05) is 0 Å². The molecule has 0 saturated heterocycles. The molecule has 4 heteroatoms. The van der Waals surface area contributed by atoms with E-state index in [4.69, 9.17) is 11.8 Å². The van der Waals surface area contributed by atoms with Gasteiger partial charge in [0.15, 0.2) is 0 Å². The number of nitrogens with two attached hydrogens (primary N) is 2. The van der Waals surface area contributed by atoms with E-state index in [0.717, 1.165) is 0 Å². The van der Waals surface area contributed by atoms with Crippen molar-refractivity contribution in [2.24, 2.45) is 11.8 Å². The minimum absolute atomic E-state index is 0.570. The van der Waals surface area contributed by atoms with Crippen molar-refractivity contribution in [2.75, 3.05) is 0 Å². The van der Waals surface area contributed by atoms with Gasteiger partial charge in [0.05, 0.1) is 0 Å². The molecule has 4 nitrogen and oxygen atoms in total. The lowest BCUT2D eigenvalue weighted by molar-refractivity contribution is 0.324. The zero-order valence-corrected chi connectivity index (χ0v) is 5.28. The molecule has 0 bridgehead atoms. The molecule has 1 aromatic carbocycles. The lowest BCUT2D eigenvalue weighted by atomic mass is 10.3. The SMILES string of the molecule is NOc1ccc(ON)cc1. The quantitative estimate of drug-likeness (QED) is 0.575. The first-order chi connectivity index (χ1) is 4.86. The highest BCUT2D eigenvalue weighted by Crippen LogP contribution is 2.14. The van der Waals surface area contributed by atoms with E-state index in [-0.39, 0.29) is 0 Å². The van der Waals surface area contributed by atoms with Gasteiger partial charge in [-0.2, -0.15) is 11.8 Å². The predicted molar refractivity (Wildman–Crippen MR) is 36.1 cm³/mol. The second kappa shape index (κ2) is 3.05. The van der Waals surface area contributed by atoms with E-state index >= 15 is 0 Å². The van der Waals surface area contributed by atoms with Crippen LogP contribution in [0.25, 0.3) is 0 Å². The van der Waals surface area contributed by atoms with Gasteiger partial charge in [-0.3, -0.25) is 0 Å². The van der Waals surface area contributed by atoms with Crippen LogP contribution in [0, 0.1) is 0 Å². The fourth-order valence-electron chi connectivity index (χ4n) is 0.597. The fraction of sp³-hybridized carbons (Fsp3) is 0. The highest BCUT2D eigenvalue weighted by molar-refractivity contribution is 5.30. The summed E-state index contributed by atoms with van der Waals surface area (Å²) in [5.74, 6) is 10.9. The van der Waals surface area contributed by atoms with Gasteiger partial charge < -0.3 is 9.68 Å². The summed E-state index contributed by atoms with van der Waals surface area (Å²) in [4.78, 5) is 8.83. The first-order valence-corrected chi connectivity index (χ1v) is 2.70. The van der Waals surface area contributed by atoms with E-state index in [9.17, 15) is 0 Å². The zero-order valence-electron chi connectivity index (χ0n) is 5.28. The zero-order chi connectivity index (χ0) is 7.40. The van der Waals surface area contributed by atoms with Gasteiger partial charge in [0.1, 0.15) is 11.5 Å².